The minimum atomic E-state index is -0.167. The molecule has 36 heavy (non-hydrogen) atoms. The third-order valence-corrected chi connectivity index (χ3v) is 5.41. The number of aryl methyl sites for hydroxylation is 2. The first kappa shape index (κ1) is 24.6. The number of benzene rings is 2. The first-order chi connectivity index (χ1) is 17.4. The van der Waals surface area contributed by atoms with Crippen LogP contribution >= 0.6 is 0 Å². The van der Waals surface area contributed by atoms with Crippen LogP contribution in [-0.4, -0.2) is 36.1 Å². The first-order valence-electron chi connectivity index (χ1n) is 11.4. The van der Waals surface area contributed by atoms with E-state index in [1.165, 1.54) is 19.6 Å². The number of aromatic nitrogens is 3. The Morgan fingerprint density at radius 1 is 1.11 bits per heavy atom. The van der Waals surface area contributed by atoms with Gasteiger partial charge in [-0.25, -0.2) is 9.97 Å². The molecule has 2 N–H and O–H groups in total. The Morgan fingerprint density at radius 2 is 1.97 bits per heavy atom. The number of nitrogens with one attached hydrogen (secondary N) is 2. The third kappa shape index (κ3) is 6.13. The van der Waals surface area contributed by atoms with Gasteiger partial charge in [-0.05, 0) is 54.4 Å². The van der Waals surface area contributed by atoms with Crippen LogP contribution in [0.25, 0.3) is 17.0 Å². The van der Waals surface area contributed by atoms with Gasteiger partial charge in [0.1, 0.15) is 24.5 Å². The van der Waals surface area contributed by atoms with E-state index in [1.807, 2.05) is 55.5 Å². The lowest BCUT2D eigenvalue weighted by atomic mass is 10.1. The van der Waals surface area contributed by atoms with Crippen molar-refractivity contribution < 1.29 is 19.0 Å². The molecule has 0 aliphatic carbocycles. The molecule has 0 bridgehead atoms. The van der Waals surface area contributed by atoms with Crippen molar-refractivity contribution in [3.05, 3.63) is 89.2 Å². The summed E-state index contributed by atoms with van der Waals surface area (Å²) in [4.78, 5) is 20.3. The lowest BCUT2D eigenvalue weighted by molar-refractivity contribution is -0.612. The van der Waals surface area contributed by atoms with E-state index in [-0.39, 0.29) is 12.5 Å². The molecule has 0 atom stereocenters. The zero-order valence-corrected chi connectivity index (χ0v) is 20.3. The fourth-order valence-electron chi connectivity index (χ4n) is 3.53. The summed E-state index contributed by atoms with van der Waals surface area (Å²) in [6.45, 7) is 4.12. The van der Waals surface area contributed by atoms with Crippen LogP contribution in [0.4, 0.5) is 11.5 Å². The molecule has 184 valence electrons. The molecule has 2 heterocycles. The van der Waals surface area contributed by atoms with E-state index >= 15 is 0 Å². The molecule has 0 aliphatic heterocycles. The third-order valence-electron chi connectivity index (χ3n) is 5.41. The Labute approximate surface area is 209 Å². The van der Waals surface area contributed by atoms with Gasteiger partial charge in [0, 0.05) is 37.7 Å². The normalized spacial score (nSPS) is 11.1. The van der Waals surface area contributed by atoms with Gasteiger partial charge in [-0.2, -0.15) is 4.73 Å². The fourth-order valence-corrected chi connectivity index (χ4v) is 3.53. The van der Waals surface area contributed by atoms with Gasteiger partial charge in [0.2, 0.25) is 12.1 Å². The number of carbonyl (C=O) groups excluding carboxylic acids is 1. The molecule has 4 rings (SSSR count). The van der Waals surface area contributed by atoms with Crippen molar-refractivity contribution >= 4 is 34.4 Å². The van der Waals surface area contributed by atoms with E-state index in [0.717, 1.165) is 32.4 Å². The van der Waals surface area contributed by atoms with Gasteiger partial charge >= 0.3 is 0 Å². The largest absolute Gasteiger partial charge is 0.618 e. The molecule has 9 nitrogen and oxygen atoms in total. The van der Waals surface area contributed by atoms with Crippen LogP contribution in [0.2, 0.25) is 0 Å². The van der Waals surface area contributed by atoms with Gasteiger partial charge < -0.3 is 25.3 Å². The highest BCUT2D eigenvalue weighted by atomic mass is 16.5. The van der Waals surface area contributed by atoms with Crippen molar-refractivity contribution in [3.63, 3.8) is 0 Å². The number of carbonyl (C=O) groups is 1. The maximum atomic E-state index is 11.8. The number of hydrogen-bond donors (Lipinski definition) is 2. The summed E-state index contributed by atoms with van der Waals surface area (Å²) in [6, 6.07) is 15.1. The van der Waals surface area contributed by atoms with E-state index in [0.29, 0.717) is 29.6 Å². The molecule has 0 saturated heterocycles. The second kappa shape index (κ2) is 11.3. The molecule has 0 saturated carbocycles. The summed E-state index contributed by atoms with van der Waals surface area (Å²) in [7, 11) is 1.48. The maximum absolute atomic E-state index is 11.8. The molecule has 0 fully saturated rings. The summed E-state index contributed by atoms with van der Waals surface area (Å²) >= 11 is 0. The molecule has 0 aliphatic rings. The smallest absolute Gasteiger partial charge is 0.246 e. The monoisotopic (exact) mass is 485 g/mol. The fraction of sp³-hybridized carbons (Fsp3) is 0.185. The predicted octanol–water partition coefficient (Wildman–Crippen LogP) is 4.19. The van der Waals surface area contributed by atoms with Gasteiger partial charge in [-0.3, -0.25) is 4.79 Å². The first-order valence-corrected chi connectivity index (χ1v) is 11.4. The van der Waals surface area contributed by atoms with Crippen molar-refractivity contribution in [2.45, 2.75) is 13.8 Å². The minimum absolute atomic E-state index is 0.0366. The second-order valence-corrected chi connectivity index (χ2v) is 8.18. The molecule has 2 aromatic carbocycles. The molecule has 4 aromatic rings. The molecule has 9 heteroatoms. The van der Waals surface area contributed by atoms with Crippen LogP contribution < -0.4 is 20.1 Å². The summed E-state index contributed by atoms with van der Waals surface area (Å²) in [6.07, 6.45) is 6.73. The molecule has 0 unspecified atom stereocenters. The van der Waals surface area contributed by atoms with Gasteiger partial charge in [0.15, 0.2) is 11.4 Å². The van der Waals surface area contributed by atoms with Crippen molar-refractivity contribution in [1.29, 1.82) is 0 Å². The number of anilines is 2. The Bertz CT molecular complexity index is 1420. The van der Waals surface area contributed by atoms with Crippen molar-refractivity contribution in [3.8, 4) is 11.5 Å². The molecular weight excluding hydrogens is 458 g/mol. The number of pyridine rings is 1. The van der Waals surface area contributed by atoms with Gasteiger partial charge in [-0.1, -0.05) is 18.2 Å². The highest BCUT2D eigenvalue weighted by molar-refractivity contribution is 5.92. The molecule has 0 radical (unpaired) electrons. The second-order valence-electron chi connectivity index (χ2n) is 8.18. The summed E-state index contributed by atoms with van der Waals surface area (Å²) < 4.78 is 11.5. The highest BCUT2D eigenvalue weighted by Gasteiger charge is 2.09. The Balaban J connectivity index is 1.50. The molecule has 2 aromatic heterocycles. The van der Waals surface area contributed by atoms with Gasteiger partial charge in [0.05, 0.1) is 5.52 Å². The lowest BCUT2D eigenvalue weighted by Gasteiger charge is -2.12. The quantitative estimate of drug-likeness (QED) is 0.270. The van der Waals surface area contributed by atoms with Crippen LogP contribution in [0, 0.1) is 19.1 Å². The van der Waals surface area contributed by atoms with Gasteiger partial charge in [-0.15, -0.1) is 0 Å². The highest BCUT2D eigenvalue weighted by Crippen LogP contribution is 2.30. The molecular formula is C27H27N5O4. The average Bonchev–Trinajstić information content (AvgIpc) is 2.86. The summed E-state index contributed by atoms with van der Waals surface area (Å²) in [5.74, 6) is 1.63. The summed E-state index contributed by atoms with van der Waals surface area (Å²) in [5.41, 5.74) is 4.10. The minimum Gasteiger partial charge on any atom is -0.618 e. The van der Waals surface area contributed by atoms with Crippen molar-refractivity contribution in [2.24, 2.45) is 0 Å². The summed E-state index contributed by atoms with van der Waals surface area (Å²) in [5, 5.41) is 18.8. The standard InChI is InChI=1S/C27H27N5O4/c1-18-13-21(8-11-25(18)36-22-9-6-19(2)32(34)15-22)31-27-23-14-20(7-10-24(23)29-17-30-27)5-4-12-28-26(33)16-35-3/h4-11,13-15,17H,12,16H2,1-3H3,(H,28,33)(H,29,30,31)/b5-4+. The van der Waals surface area contributed by atoms with Crippen molar-refractivity contribution in [1.82, 2.24) is 15.3 Å². The number of nitrogens with zero attached hydrogens (tertiary/aromatic N) is 3. The maximum Gasteiger partial charge on any atom is 0.246 e. The van der Waals surface area contributed by atoms with Crippen LogP contribution in [0.5, 0.6) is 11.5 Å². The van der Waals surface area contributed by atoms with Crippen LogP contribution in [0.1, 0.15) is 16.8 Å². The van der Waals surface area contributed by atoms with Crippen molar-refractivity contribution in [2.75, 3.05) is 25.6 Å². The number of rotatable bonds is 9. The number of ether oxygens (including phenoxy) is 2. The van der Waals surface area contributed by atoms with Gasteiger partial charge in [0.25, 0.3) is 0 Å². The lowest BCUT2D eigenvalue weighted by Crippen LogP contribution is -2.28. The molecule has 0 spiro atoms. The van der Waals surface area contributed by atoms with Crippen LogP contribution in [-0.2, 0) is 9.53 Å². The van der Waals surface area contributed by atoms with Crippen LogP contribution in [0.3, 0.4) is 0 Å². The van der Waals surface area contributed by atoms with Crippen LogP contribution in [0.15, 0.2) is 67.1 Å². The topological polar surface area (TPSA) is 112 Å². The van der Waals surface area contributed by atoms with E-state index in [4.69, 9.17) is 9.47 Å². The predicted molar refractivity (Wildman–Crippen MR) is 138 cm³/mol. The number of fused-ring (bicyclic) bond motifs is 1. The number of methoxy groups -OCH3 is 1. The zero-order valence-electron chi connectivity index (χ0n) is 20.3. The van der Waals surface area contributed by atoms with E-state index in [2.05, 4.69) is 20.6 Å². The SMILES string of the molecule is COCC(=O)NC/C=C/c1ccc2ncnc(Nc3ccc(Oc4ccc(C)[n+]([O-])c4)c(C)c3)c2c1. The number of hydrogen-bond acceptors (Lipinski definition) is 7. The Morgan fingerprint density at radius 3 is 2.75 bits per heavy atom. The Kier molecular flexibility index (Phi) is 7.72. The number of amides is 1. The average molecular weight is 486 g/mol. The van der Waals surface area contributed by atoms with E-state index in [9.17, 15) is 10.0 Å². The van der Waals surface area contributed by atoms with E-state index < -0.39 is 0 Å². The Hall–Kier alpha value is -4.50. The zero-order chi connectivity index (χ0) is 25.5. The van der Waals surface area contributed by atoms with E-state index in [1.54, 1.807) is 19.1 Å². The molecule has 1 amide bonds.